The molecule has 1 nitrogen and oxygen atoms in total. The second kappa shape index (κ2) is 27.4. The van der Waals surface area contributed by atoms with Crippen LogP contribution in [0.1, 0.15) is 322 Å². The Morgan fingerprint density at radius 3 is 1.01 bits per heavy atom. The Hall–Kier alpha value is -5.66. The first kappa shape index (κ1) is 58.0. The van der Waals surface area contributed by atoms with Crippen molar-refractivity contribution in [1.82, 2.24) is 0 Å². The van der Waals surface area contributed by atoms with Gasteiger partial charge in [0.1, 0.15) is 0 Å². The van der Waals surface area contributed by atoms with Gasteiger partial charge in [-0.3, -0.25) is 0 Å². The average Bonchev–Trinajstić information content (AvgIpc) is 1.58. The van der Waals surface area contributed by atoms with Gasteiger partial charge in [-0.15, -0.1) is 0 Å². The van der Waals surface area contributed by atoms with E-state index in [1.54, 1.807) is 22.3 Å². The Balaban J connectivity index is 0.926. The van der Waals surface area contributed by atoms with Gasteiger partial charge in [0.2, 0.25) is 0 Å². The quantitative estimate of drug-likeness (QED) is 0.118. The minimum Gasteiger partial charge on any atom is -0.310 e. The molecule has 14 rings (SSSR count). The monoisotopic (exact) mass is 1140 g/mol. The van der Waals surface area contributed by atoms with Gasteiger partial charge in [0, 0.05) is 17.1 Å². The maximum absolute atomic E-state index is 2.84. The molecule has 1 heteroatoms. The van der Waals surface area contributed by atoms with Crippen LogP contribution in [0.2, 0.25) is 0 Å². The summed E-state index contributed by atoms with van der Waals surface area (Å²) in [5.41, 5.74) is 24.4. The molecule has 7 aliphatic carbocycles. The van der Waals surface area contributed by atoms with Crippen LogP contribution in [0.5, 0.6) is 0 Å². The van der Waals surface area contributed by atoms with Gasteiger partial charge in [-0.05, 0) is 227 Å². The molecular formula is C85H103N. The van der Waals surface area contributed by atoms with Gasteiger partial charge in [0.25, 0.3) is 0 Å². The second-order valence-corrected chi connectivity index (χ2v) is 28.9. The minimum absolute atomic E-state index is 0.485. The lowest BCUT2D eigenvalue weighted by Gasteiger charge is -2.36. The highest BCUT2D eigenvalue weighted by Gasteiger charge is 2.47. The zero-order valence-corrected chi connectivity index (χ0v) is 52.8. The summed E-state index contributed by atoms with van der Waals surface area (Å²) < 4.78 is 0. The first-order valence-corrected chi connectivity index (χ1v) is 36.3. The van der Waals surface area contributed by atoms with Gasteiger partial charge in [-0.25, -0.2) is 0 Å². The van der Waals surface area contributed by atoms with Gasteiger partial charge < -0.3 is 4.90 Å². The summed E-state index contributed by atoms with van der Waals surface area (Å²) in [6, 6.07) is 63.4. The van der Waals surface area contributed by atoms with Crippen LogP contribution in [-0.2, 0) is 5.41 Å². The third kappa shape index (κ3) is 12.2. The van der Waals surface area contributed by atoms with Crippen molar-refractivity contribution in [3.63, 3.8) is 0 Å². The van der Waals surface area contributed by atoms with Crippen molar-refractivity contribution < 1.29 is 0 Å². The second-order valence-electron chi connectivity index (χ2n) is 28.9. The lowest BCUT2D eigenvalue weighted by molar-refractivity contribution is 0.442. The maximum atomic E-state index is 2.84. The molecule has 7 aromatic rings. The predicted octanol–water partition coefficient (Wildman–Crippen LogP) is 25.8. The Labute approximate surface area is 520 Å². The van der Waals surface area contributed by atoms with Crippen molar-refractivity contribution in [2.75, 3.05) is 4.90 Å². The molecule has 0 N–H and O–H groups in total. The van der Waals surface area contributed by atoms with Gasteiger partial charge in [0.15, 0.2) is 0 Å². The zero-order valence-electron chi connectivity index (χ0n) is 52.8. The van der Waals surface area contributed by atoms with Crippen molar-refractivity contribution in [3.05, 3.63) is 207 Å². The molecule has 0 saturated heterocycles. The van der Waals surface area contributed by atoms with Crippen LogP contribution in [0, 0.1) is 0 Å². The van der Waals surface area contributed by atoms with E-state index in [0.29, 0.717) is 35.5 Å². The molecule has 86 heavy (non-hydrogen) atoms. The van der Waals surface area contributed by atoms with E-state index in [-0.39, 0.29) is 0 Å². The number of fused-ring (bicyclic) bond motifs is 3. The van der Waals surface area contributed by atoms with Gasteiger partial charge in [-0.1, -0.05) is 269 Å². The van der Waals surface area contributed by atoms with Crippen LogP contribution in [0.3, 0.4) is 0 Å². The molecule has 0 aromatic heterocycles. The first-order valence-electron chi connectivity index (χ1n) is 36.3. The summed E-state index contributed by atoms with van der Waals surface area (Å²) in [6.07, 6.45) is 49.2. The van der Waals surface area contributed by atoms with Gasteiger partial charge >= 0.3 is 0 Å². The Morgan fingerprint density at radius 1 is 0.256 bits per heavy atom. The van der Waals surface area contributed by atoms with Crippen LogP contribution in [-0.4, -0.2) is 0 Å². The van der Waals surface area contributed by atoms with Crippen molar-refractivity contribution in [2.24, 2.45) is 0 Å². The number of hydrogen-bond donors (Lipinski definition) is 0. The fourth-order valence-electron chi connectivity index (χ4n) is 18.9. The first-order chi connectivity index (χ1) is 42.7. The largest absolute Gasteiger partial charge is 0.310 e. The van der Waals surface area contributed by atoms with Crippen molar-refractivity contribution in [3.8, 4) is 22.3 Å². The number of benzene rings is 7. The van der Waals surface area contributed by atoms with Crippen LogP contribution in [0.4, 0.5) is 17.1 Å². The molecule has 0 atom stereocenters. The van der Waals surface area contributed by atoms with E-state index in [9.17, 15) is 0 Å². The van der Waals surface area contributed by atoms with E-state index in [1.165, 1.54) is 304 Å². The summed E-state index contributed by atoms with van der Waals surface area (Å²) in [7, 11) is 0. The molecule has 7 aliphatic rings. The number of hydrogen-bond acceptors (Lipinski definition) is 1. The highest BCUT2D eigenvalue weighted by atomic mass is 15.1. The fraction of sp³-hybridized carbons (Fsp3) is 0.506. The van der Waals surface area contributed by atoms with Gasteiger partial charge in [0.05, 0.1) is 5.41 Å². The van der Waals surface area contributed by atoms with Crippen molar-refractivity contribution in [2.45, 2.75) is 272 Å². The summed E-state index contributed by atoms with van der Waals surface area (Å²) in [6.45, 7) is 0. The number of nitrogens with zero attached hydrogens (tertiary/aromatic N) is 1. The summed E-state index contributed by atoms with van der Waals surface area (Å²) in [4.78, 5) is 2.64. The molecule has 0 unspecified atom stereocenters. The number of rotatable bonds is 12. The lowest BCUT2D eigenvalue weighted by Crippen LogP contribution is -2.29. The van der Waals surface area contributed by atoms with E-state index in [0.717, 1.165) is 0 Å². The molecule has 6 fully saturated rings. The third-order valence-electron chi connectivity index (χ3n) is 23.7. The van der Waals surface area contributed by atoms with Crippen LogP contribution >= 0.6 is 0 Å². The van der Waals surface area contributed by atoms with E-state index >= 15 is 0 Å². The van der Waals surface area contributed by atoms with Gasteiger partial charge in [-0.2, -0.15) is 0 Å². The van der Waals surface area contributed by atoms with Crippen molar-refractivity contribution >= 4 is 17.1 Å². The van der Waals surface area contributed by atoms with E-state index < -0.39 is 5.41 Å². The molecule has 0 aliphatic heterocycles. The Bertz CT molecular complexity index is 3170. The summed E-state index contributed by atoms with van der Waals surface area (Å²) >= 11 is 0. The van der Waals surface area contributed by atoms with Crippen LogP contribution in [0.25, 0.3) is 22.3 Å². The highest BCUT2D eigenvalue weighted by molar-refractivity contribution is 5.90. The number of anilines is 3. The molecule has 0 amide bonds. The molecular weight excluding hydrogens is 1030 g/mol. The SMILES string of the molecule is c1ccc2c(c1)-c1ccc(N(c3ccc(-c4c(C5CCCCCCC5)cc(C5CCCCCCC5)cc4C4CCCCCCC4)cc3)c3ccc(C4CCCCC4)cc3)cc1C2(c1ccc(C2CCCCC2)cc1)c1ccc(C2CCCCC2)cc1. The molecule has 6 saturated carbocycles. The van der Waals surface area contributed by atoms with Crippen LogP contribution in [0.15, 0.2) is 152 Å². The molecule has 0 spiro atoms. The fourth-order valence-corrected chi connectivity index (χ4v) is 18.9. The van der Waals surface area contributed by atoms with E-state index in [2.05, 4.69) is 157 Å². The zero-order chi connectivity index (χ0) is 57.5. The third-order valence-corrected chi connectivity index (χ3v) is 23.7. The summed E-state index contributed by atoms with van der Waals surface area (Å²) in [5, 5.41) is 0. The normalized spacial score (nSPS) is 21.0. The van der Waals surface area contributed by atoms with Crippen molar-refractivity contribution in [1.29, 1.82) is 0 Å². The smallest absolute Gasteiger partial charge is 0.0714 e. The summed E-state index contributed by atoms with van der Waals surface area (Å²) in [5.74, 6) is 3.96. The molecule has 448 valence electrons. The lowest BCUT2D eigenvalue weighted by atomic mass is 9.67. The molecule has 0 heterocycles. The van der Waals surface area contributed by atoms with E-state index in [1.807, 2.05) is 0 Å². The molecule has 7 aromatic carbocycles. The predicted molar refractivity (Wildman–Crippen MR) is 367 cm³/mol. The molecule has 0 radical (unpaired) electrons. The maximum Gasteiger partial charge on any atom is 0.0714 e. The average molecular weight is 1140 g/mol. The standard InChI is InChI=1S/C85H103N/c1-4-13-33-65(34-14-5-1)72-59-80(69-35-15-6-2-7-16-36-69)84(81(60-72)70-37-17-8-3-9-18-38-70)71-47-55-76(56-48-71)86(75-53-45-68(46-54-75)64-31-23-12-24-32-64)77-57-58-79-78-39-25-26-40-82(78)85(83(79)61-77,73-49-41-66(42-50-73)62-27-19-10-20-28-62)74-51-43-67(44-52-74)63-29-21-11-22-30-63/h25-26,39-65,69-70H,1-24,27-38H2. The Kier molecular flexibility index (Phi) is 18.5. The van der Waals surface area contributed by atoms with E-state index in [4.69, 9.17) is 0 Å². The highest BCUT2D eigenvalue weighted by Crippen LogP contribution is 2.58. The Morgan fingerprint density at radius 2 is 0.581 bits per heavy atom. The van der Waals surface area contributed by atoms with Crippen LogP contribution < -0.4 is 4.90 Å². The minimum atomic E-state index is -0.485. The topological polar surface area (TPSA) is 3.24 Å². The molecule has 0 bridgehead atoms.